The second kappa shape index (κ2) is 9.29. The molecule has 0 bridgehead atoms. The highest BCUT2D eigenvalue weighted by Crippen LogP contribution is 2.38. The van der Waals surface area contributed by atoms with Crippen molar-refractivity contribution >= 4 is 40.8 Å². The van der Waals surface area contributed by atoms with Crippen molar-refractivity contribution in [1.29, 1.82) is 0 Å². The summed E-state index contributed by atoms with van der Waals surface area (Å²) in [7, 11) is 0. The monoisotopic (exact) mass is 462 g/mol. The fraction of sp³-hybridized carbons (Fsp3) is 0.500. The maximum atomic E-state index is 14.7. The van der Waals surface area contributed by atoms with E-state index in [1.165, 1.54) is 11.3 Å². The number of nitrogens with zero attached hydrogens (tertiary/aromatic N) is 1. The number of rotatable bonds is 7. The minimum absolute atomic E-state index is 0.178. The molecule has 0 saturated carbocycles. The number of carbonyl (C=O) groups excluding carboxylic acids is 1. The van der Waals surface area contributed by atoms with Crippen molar-refractivity contribution in [2.45, 2.75) is 69.7 Å². The van der Waals surface area contributed by atoms with E-state index < -0.39 is 28.2 Å². The average molecular weight is 463 g/mol. The van der Waals surface area contributed by atoms with Gasteiger partial charge < -0.3 is 5.11 Å². The Balaban J connectivity index is 2.28. The van der Waals surface area contributed by atoms with E-state index in [9.17, 15) is 18.7 Å². The Labute approximate surface area is 183 Å². The van der Waals surface area contributed by atoms with Crippen LogP contribution in [-0.2, 0) is 16.8 Å². The van der Waals surface area contributed by atoms with Gasteiger partial charge in [0.15, 0.2) is 4.34 Å². The van der Waals surface area contributed by atoms with Crippen LogP contribution in [0.4, 0.5) is 8.78 Å². The largest absolute Gasteiger partial charge is 0.385 e. The molecule has 0 aliphatic rings. The Hall–Kier alpha value is -1.22. The summed E-state index contributed by atoms with van der Waals surface area (Å²) in [5, 5.41) is 9.48. The van der Waals surface area contributed by atoms with E-state index in [0.717, 1.165) is 11.9 Å². The van der Waals surface area contributed by atoms with Gasteiger partial charge in [-0.3, -0.25) is 9.52 Å². The first-order valence-corrected chi connectivity index (χ1v) is 11.2. The van der Waals surface area contributed by atoms with Gasteiger partial charge in [-0.05, 0) is 42.4 Å². The van der Waals surface area contributed by atoms with Crippen molar-refractivity contribution in [3.63, 3.8) is 0 Å². The highest BCUT2D eigenvalue weighted by molar-refractivity contribution is 7.99. The number of thiazole rings is 1. The number of carbonyl (C=O) groups is 1. The molecule has 1 aromatic carbocycles. The third-order valence-corrected chi connectivity index (χ3v) is 6.89. The molecule has 29 heavy (non-hydrogen) atoms. The summed E-state index contributed by atoms with van der Waals surface area (Å²) >= 11 is 8.15. The van der Waals surface area contributed by atoms with Gasteiger partial charge in [-0.2, -0.15) is 0 Å². The fourth-order valence-corrected chi connectivity index (χ4v) is 4.81. The fourth-order valence-electron chi connectivity index (χ4n) is 3.02. The van der Waals surface area contributed by atoms with E-state index in [-0.39, 0.29) is 29.4 Å². The predicted molar refractivity (Wildman–Crippen MR) is 115 cm³/mol. The van der Waals surface area contributed by atoms with Gasteiger partial charge in [0.05, 0.1) is 16.9 Å². The normalized spacial score (nSPS) is 12.1. The lowest BCUT2D eigenvalue weighted by molar-refractivity contribution is -0.118. The molecule has 0 saturated heterocycles. The van der Waals surface area contributed by atoms with E-state index in [2.05, 4.69) is 9.71 Å². The maximum Gasteiger partial charge on any atom is 0.234 e. The molecule has 1 amide bonds. The Morgan fingerprint density at radius 2 is 1.76 bits per heavy atom. The lowest BCUT2D eigenvalue weighted by Gasteiger charge is -2.22. The van der Waals surface area contributed by atoms with Crippen molar-refractivity contribution in [3.05, 3.63) is 44.4 Å². The van der Waals surface area contributed by atoms with Crippen LogP contribution in [0, 0.1) is 11.6 Å². The van der Waals surface area contributed by atoms with Crippen LogP contribution >= 0.6 is 34.9 Å². The van der Waals surface area contributed by atoms with Crippen molar-refractivity contribution in [2.75, 3.05) is 0 Å². The van der Waals surface area contributed by atoms with E-state index in [1.807, 2.05) is 0 Å². The third-order valence-electron chi connectivity index (χ3n) is 4.34. The average Bonchev–Trinajstić information content (AvgIpc) is 3.07. The Kier molecular flexibility index (Phi) is 7.70. The van der Waals surface area contributed by atoms with E-state index >= 15 is 0 Å². The standard InChI is InChI=1S/C20H25ClF2N2O2S2/c1-9(2)14-11(15(10(3)4)18(23)16(21)17(14)22)7-13(26)25-29-19-24-8-12(28-19)20(5,6)27/h8-10,27H,7H2,1-6H3,(H,25,26). The molecule has 2 aromatic rings. The van der Waals surface area contributed by atoms with Crippen molar-refractivity contribution in [2.24, 2.45) is 0 Å². The lowest BCUT2D eigenvalue weighted by Crippen LogP contribution is -2.22. The second-order valence-corrected chi connectivity index (χ2v) is 10.4. The first-order chi connectivity index (χ1) is 13.3. The summed E-state index contributed by atoms with van der Waals surface area (Å²) < 4.78 is 32.6. The minimum atomic E-state index is -1.02. The van der Waals surface area contributed by atoms with E-state index in [0.29, 0.717) is 14.8 Å². The summed E-state index contributed by atoms with van der Waals surface area (Å²) in [5.74, 6) is -2.56. The molecule has 4 nitrogen and oxygen atoms in total. The molecule has 2 rings (SSSR count). The summed E-state index contributed by atoms with van der Waals surface area (Å²) in [5.41, 5.74) is -0.154. The van der Waals surface area contributed by atoms with Crippen LogP contribution in [0.25, 0.3) is 0 Å². The van der Waals surface area contributed by atoms with Crippen LogP contribution in [0.5, 0.6) is 0 Å². The Bertz CT molecular complexity index is 874. The molecular weight excluding hydrogens is 438 g/mol. The van der Waals surface area contributed by atoms with Gasteiger partial charge in [0.1, 0.15) is 16.7 Å². The van der Waals surface area contributed by atoms with Crippen LogP contribution in [0.3, 0.4) is 0 Å². The molecule has 0 spiro atoms. The van der Waals surface area contributed by atoms with E-state index in [1.54, 1.807) is 47.7 Å². The molecule has 2 N–H and O–H groups in total. The molecule has 160 valence electrons. The number of hydrogen-bond donors (Lipinski definition) is 2. The summed E-state index contributed by atoms with van der Waals surface area (Å²) in [6, 6.07) is 0. The molecular formula is C20H25ClF2N2O2S2. The number of amides is 1. The smallest absolute Gasteiger partial charge is 0.234 e. The third kappa shape index (κ3) is 5.48. The molecule has 1 heterocycles. The number of benzene rings is 1. The molecule has 0 unspecified atom stereocenters. The highest BCUT2D eigenvalue weighted by atomic mass is 35.5. The van der Waals surface area contributed by atoms with Crippen molar-refractivity contribution in [3.8, 4) is 0 Å². The summed E-state index contributed by atoms with van der Waals surface area (Å²) in [6.45, 7) is 10.4. The molecule has 0 aliphatic carbocycles. The quantitative estimate of drug-likeness (QED) is 0.396. The van der Waals surface area contributed by atoms with Gasteiger partial charge in [-0.25, -0.2) is 13.8 Å². The van der Waals surface area contributed by atoms with Gasteiger partial charge in [0.2, 0.25) is 5.91 Å². The molecule has 0 fully saturated rings. The van der Waals surface area contributed by atoms with Crippen LogP contribution in [0.2, 0.25) is 5.02 Å². The SMILES string of the molecule is CC(C)c1c(F)c(Cl)c(F)c(C(C)C)c1CC(=O)NSc1ncc(C(C)(C)O)s1. The van der Waals surface area contributed by atoms with E-state index in [4.69, 9.17) is 11.6 Å². The van der Waals surface area contributed by atoms with Gasteiger partial charge in [0, 0.05) is 18.1 Å². The van der Waals surface area contributed by atoms with Crippen LogP contribution in [0.15, 0.2) is 10.5 Å². The van der Waals surface area contributed by atoms with Gasteiger partial charge >= 0.3 is 0 Å². The van der Waals surface area contributed by atoms with Crippen LogP contribution < -0.4 is 4.72 Å². The minimum Gasteiger partial charge on any atom is -0.385 e. The summed E-state index contributed by atoms with van der Waals surface area (Å²) in [6.07, 6.45) is 1.37. The topological polar surface area (TPSA) is 62.2 Å². The summed E-state index contributed by atoms with van der Waals surface area (Å²) in [4.78, 5) is 17.4. The number of aliphatic hydroxyl groups is 1. The van der Waals surface area contributed by atoms with Crippen molar-refractivity contribution < 1.29 is 18.7 Å². The number of halogens is 3. The van der Waals surface area contributed by atoms with Gasteiger partial charge in [-0.1, -0.05) is 39.3 Å². The molecule has 0 atom stereocenters. The van der Waals surface area contributed by atoms with Crippen LogP contribution in [-0.4, -0.2) is 16.0 Å². The highest BCUT2D eigenvalue weighted by Gasteiger charge is 2.28. The Morgan fingerprint density at radius 1 is 1.24 bits per heavy atom. The van der Waals surface area contributed by atoms with Crippen LogP contribution in [0.1, 0.15) is 74.9 Å². The first-order valence-electron chi connectivity index (χ1n) is 9.18. The second-order valence-electron chi connectivity index (χ2n) is 7.91. The number of aromatic nitrogens is 1. The molecule has 1 aromatic heterocycles. The lowest BCUT2D eigenvalue weighted by atomic mass is 9.86. The molecule has 0 aliphatic heterocycles. The maximum absolute atomic E-state index is 14.7. The van der Waals surface area contributed by atoms with Gasteiger partial charge in [-0.15, -0.1) is 11.3 Å². The zero-order valence-electron chi connectivity index (χ0n) is 17.2. The molecule has 0 radical (unpaired) electrons. The first kappa shape index (κ1) is 24.1. The van der Waals surface area contributed by atoms with Crippen molar-refractivity contribution in [1.82, 2.24) is 9.71 Å². The zero-order valence-corrected chi connectivity index (χ0v) is 19.6. The molecule has 9 heteroatoms. The van der Waals surface area contributed by atoms with Gasteiger partial charge in [0.25, 0.3) is 0 Å². The Morgan fingerprint density at radius 3 is 2.17 bits per heavy atom. The predicted octanol–water partition coefficient (Wildman–Crippen LogP) is 5.91. The zero-order chi connectivity index (χ0) is 22.1. The number of nitrogens with one attached hydrogen (secondary N) is 1. The number of hydrogen-bond acceptors (Lipinski definition) is 5.